The van der Waals surface area contributed by atoms with E-state index in [1.807, 2.05) is 0 Å². The summed E-state index contributed by atoms with van der Waals surface area (Å²) in [5.41, 5.74) is 1.06. The lowest BCUT2D eigenvalue weighted by atomic mass is 10.0. The zero-order valence-electron chi connectivity index (χ0n) is 11.6. The maximum Gasteiger partial charge on any atom is 0.337 e. The Labute approximate surface area is 118 Å². The van der Waals surface area contributed by atoms with Gasteiger partial charge in [0.25, 0.3) is 0 Å². The van der Waals surface area contributed by atoms with Gasteiger partial charge in [0.2, 0.25) is 5.91 Å². The molecule has 5 heteroatoms. The topological polar surface area (TPSA) is 67.4 Å². The fourth-order valence-electron chi connectivity index (χ4n) is 2.36. The molecular formula is C15H20N2O3. The zero-order chi connectivity index (χ0) is 14.4. The van der Waals surface area contributed by atoms with Crippen LogP contribution in [0.1, 0.15) is 29.6 Å². The van der Waals surface area contributed by atoms with Crippen molar-refractivity contribution >= 4 is 17.6 Å². The van der Waals surface area contributed by atoms with E-state index in [0.29, 0.717) is 23.6 Å². The fourth-order valence-corrected chi connectivity index (χ4v) is 2.36. The minimum absolute atomic E-state index is 0.0149. The second-order valence-corrected chi connectivity index (χ2v) is 5.02. The van der Waals surface area contributed by atoms with Crippen LogP contribution in [-0.2, 0) is 9.53 Å². The van der Waals surface area contributed by atoms with E-state index in [4.69, 9.17) is 0 Å². The molecule has 1 aromatic rings. The van der Waals surface area contributed by atoms with Crippen LogP contribution < -0.4 is 10.6 Å². The van der Waals surface area contributed by atoms with Crippen molar-refractivity contribution in [3.8, 4) is 0 Å². The third-order valence-corrected chi connectivity index (χ3v) is 3.51. The van der Waals surface area contributed by atoms with Gasteiger partial charge in [-0.2, -0.15) is 0 Å². The van der Waals surface area contributed by atoms with Crippen molar-refractivity contribution in [1.82, 2.24) is 5.32 Å². The molecule has 1 atom stereocenters. The lowest BCUT2D eigenvalue weighted by molar-refractivity contribution is -0.116. The highest BCUT2D eigenvalue weighted by Gasteiger charge is 2.15. The number of carbonyl (C=O) groups is 2. The van der Waals surface area contributed by atoms with Crippen molar-refractivity contribution in [3.05, 3.63) is 29.8 Å². The summed E-state index contributed by atoms with van der Waals surface area (Å²) in [5, 5.41) is 6.11. The second-order valence-electron chi connectivity index (χ2n) is 5.02. The first kappa shape index (κ1) is 14.5. The first-order chi connectivity index (χ1) is 9.69. The van der Waals surface area contributed by atoms with E-state index in [1.165, 1.54) is 7.11 Å². The maximum atomic E-state index is 11.9. The fraction of sp³-hybridized carbons (Fsp3) is 0.467. The molecule has 0 radical (unpaired) electrons. The number of carbonyl (C=O) groups excluding carboxylic acids is 2. The number of anilines is 1. The average molecular weight is 276 g/mol. The predicted octanol–water partition coefficient (Wildman–Crippen LogP) is 1.80. The highest BCUT2D eigenvalue weighted by Crippen LogP contribution is 2.16. The number of hydrogen-bond donors (Lipinski definition) is 2. The molecule has 1 aromatic carbocycles. The summed E-state index contributed by atoms with van der Waals surface area (Å²) in [6.07, 6.45) is 2.55. The normalized spacial score (nSPS) is 17.8. The van der Waals surface area contributed by atoms with Gasteiger partial charge in [0.15, 0.2) is 0 Å². The molecule has 1 heterocycles. The van der Waals surface area contributed by atoms with Crippen LogP contribution in [-0.4, -0.2) is 32.1 Å². The summed E-state index contributed by atoms with van der Waals surface area (Å²) < 4.78 is 4.65. The molecule has 1 saturated heterocycles. The number of ether oxygens (including phenoxy) is 1. The van der Waals surface area contributed by atoms with Gasteiger partial charge >= 0.3 is 5.97 Å². The van der Waals surface area contributed by atoms with E-state index in [2.05, 4.69) is 15.4 Å². The number of rotatable bonds is 5. The molecule has 2 N–H and O–H groups in total. The summed E-state index contributed by atoms with van der Waals surface area (Å²) in [7, 11) is 1.34. The van der Waals surface area contributed by atoms with Crippen molar-refractivity contribution in [2.75, 3.05) is 25.5 Å². The van der Waals surface area contributed by atoms with Crippen LogP contribution in [0.5, 0.6) is 0 Å². The van der Waals surface area contributed by atoms with Gasteiger partial charge in [-0.05, 0) is 50.0 Å². The van der Waals surface area contributed by atoms with Crippen molar-refractivity contribution < 1.29 is 14.3 Å². The number of nitrogens with one attached hydrogen (secondary N) is 2. The predicted molar refractivity (Wildman–Crippen MR) is 76.6 cm³/mol. The largest absolute Gasteiger partial charge is 0.465 e. The standard InChI is InChI=1S/C15H20N2O3/c1-20-15(19)12-3-2-4-13(9-12)17-14(18)6-5-11-7-8-16-10-11/h2-4,9,11,16H,5-8,10H2,1H3,(H,17,18). The molecule has 5 nitrogen and oxygen atoms in total. The van der Waals surface area contributed by atoms with Gasteiger partial charge in [-0.15, -0.1) is 0 Å². The SMILES string of the molecule is COC(=O)c1cccc(NC(=O)CCC2CCNC2)c1. The third-order valence-electron chi connectivity index (χ3n) is 3.51. The quantitative estimate of drug-likeness (QED) is 0.805. The Kier molecular flexibility index (Phi) is 5.12. The molecule has 108 valence electrons. The number of amides is 1. The molecule has 1 aliphatic heterocycles. The van der Waals surface area contributed by atoms with Crippen LogP contribution in [0.4, 0.5) is 5.69 Å². The van der Waals surface area contributed by atoms with Gasteiger partial charge in [-0.25, -0.2) is 4.79 Å². The molecule has 0 aromatic heterocycles. The number of hydrogen-bond acceptors (Lipinski definition) is 4. The molecule has 1 amide bonds. The van der Waals surface area contributed by atoms with Crippen LogP contribution in [0.2, 0.25) is 0 Å². The second kappa shape index (κ2) is 7.05. The lowest BCUT2D eigenvalue weighted by Gasteiger charge is -2.09. The molecule has 0 aliphatic carbocycles. The van der Waals surface area contributed by atoms with Gasteiger partial charge in [0.1, 0.15) is 0 Å². The third kappa shape index (κ3) is 4.06. The highest BCUT2D eigenvalue weighted by atomic mass is 16.5. The number of esters is 1. The number of methoxy groups -OCH3 is 1. The molecular weight excluding hydrogens is 256 g/mol. The van der Waals surface area contributed by atoms with Crippen molar-refractivity contribution in [1.29, 1.82) is 0 Å². The van der Waals surface area contributed by atoms with E-state index in [9.17, 15) is 9.59 Å². The Balaban J connectivity index is 1.85. The first-order valence-corrected chi connectivity index (χ1v) is 6.88. The lowest BCUT2D eigenvalue weighted by Crippen LogP contribution is -2.15. The minimum atomic E-state index is -0.405. The molecule has 20 heavy (non-hydrogen) atoms. The Morgan fingerprint density at radius 1 is 1.45 bits per heavy atom. The molecule has 2 rings (SSSR count). The van der Waals surface area contributed by atoms with Crippen molar-refractivity contribution in [3.63, 3.8) is 0 Å². The van der Waals surface area contributed by atoms with E-state index in [0.717, 1.165) is 25.9 Å². The van der Waals surface area contributed by atoms with Gasteiger partial charge in [0, 0.05) is 12.1 Å². The summed E-state index contributed by atoms with van der Waals surface area (Å²) in [4.78, 5) is 23.3. The molecule has 0 saturated carbocycles. The molecule has 0 spiro atoms. The van der Waals surface area contributed by atoms with E-state index in [1.54, 1.807) is 24.3 Å². The maximum absolute atomic E-state index is 11.9. The minimum Gasteiger partial charge on any atom is -0.465 e. The monoisotopic (exact) mass is 276 g/mol. The summed E-state index contributed by atoms with van der Waals surface area (Å²) in [5.74, 6) is 0.180. The summed E-state index contributed by atoms with van der Waals surface area (Å²) in [6.45, 7) is 2.05. The smallest absolute Gasteiger partial charge is 0.337 e. The Morgan fingerprint density at radius 3 is 3.00 bits per heavy atom. The summed E-state index contributed by atoms with van der Waals surface area (Å²) in [6, 6.07) is 6.77. The first-order valence-electron chi connectivity index (χ1n) is 6.88. The molecule has 0 bridgehead atoms. The molecule has 1 unspecified atom stereocenters. The van der Waals surface area contributed by atoms with Crippen LogP contribution >= 0.6 is 0 Å². The highest BCUT2D eigenvalue weighted by molar-refractivity contribution is 5.94. The Bertz CT molecular complexity index is 482. The molecule has 1 fully saturated rings. The Hall–Kier alpha value is -1.88. The molecule has 1 aliphatic rings. The van der Waals surface area contributed by atoms with Gasteiger partial charge < -0.3 is 15.4 Å². The number of benzene rings is 1. The zero-order valence-corrected chi connectivity index (χ0v) is 11.6. The average Bonchev–Trinajstić information content (AvgIpc) is 2.98. The van der Waals surface area contributed by atoms with Gasteiger partial charge in [-0.3, -0.25) is 4.79 Å². The van der Waals surface area contributed by atoms with Crippen LogP contribution in [0.15, 0.2) is 24.3 Å². The van der Waals surface area contributed by atoms with Crippen LogP contribution in [0.25, 0.3) is 0 Å². The Morgan fingerprint density at radius 2 is 2.30 bits per heavy atom. The summed E-state index contributed by atoms with van der Waals surface area (Å²) >= 11 is 0. The van der Waals surface area contributed by atoms with Crippen molar-refractivity contribution in [2.45, 2.75) is 19.3 Å². The van der Waals surface area contributed by atoms with E-state index < -0.39 is 5.97 Å². The van der Waals surface area contributed by atoms with Crippen molar-refractivity contribution in [2.24, 2.45) is 5.92 Å². The van der Waals surface area contributed by atoms with Crippen LogP contribution in [0.3, 0.4) is 0 Å². The van der Waals surface area contributed by atoms with E-state index >= 15 is 0 Å². The van der Waals surface area contributed by atoms with Gasteiger partial charge in [-0.1, -0.05) is 6.07 Å². The van der Waals surface area contributed by atoms with Crippen LogP contribution in [0, 0.1) is 5.92 Å². The van der Waals surface area contributed by atoms with Gasteiger partial charge in [0.05, 0.1) is 12.7 Å². The van der Waals surface area contributed by atoms with E-state index in [-0.39, 0.29) is 5.91 Å².